The summed E-state index contributed by atoms with van der Waals surface area (Å²) in [5.41, 5.74) is 1.16. The molecule has 0 atom stereocenters. The van der Waals surface area contributed by atoms with Crippen molar-refractivity contribution in [2.24, 2.45) is 5.14 Å². The van der Waals surface area contributed by atoms with Crippen LogP contribution in [0.5, 0.6) is 11.5 Å². The van der Waals surface area contributed by atoms with Gasteiger partial charge in [-0.05, 0) is 48.0 Å². The summed E-state index contributed by atoms with van der Waals surface area (Å²) in [6, 6.07) is 17.3. The van der Waals surface area contributed by atoms with E-state index in [0.29, 0.717) is 21.9 Å². The first-order valence-corrected chi connectivity index (χ1v) is 11.7. The normalized spacial score (nSPS) is 11.0. The molecule has 0 aliphatic carbocycles. The van der Waals surface area contributed by atoms with Gasteiger partial charge in [-0.3, -0.25) is 9.59 Å². The lowest BCUT2D eigenvalue weighted by Crippen LogP contribution is -2.24. The minimum Gasteiger partial charge on any atom is -0.456 e. The summed E-state index contributed by atoms with van der Waals surface area (Å²) in [6.45, 7) is 0. The second kappa shape index (κ2) is 10.0. The van der Waals surface area contributed by atoms with Crippen LogP contribution < -0.4 is 15.2 Å². The van der Waals surface area contributed by atoms with Gasteiger partial charge < -0.3 is 15.0 Å². The predicted molar refractivity (Wildman–Crippen MR) is 126 cm³/mol. The molecule has 0 fully saturated rings. The second-order valence-electron chi connectivity index (χ2n) is 7.35. The number of benzene rings is 3. The number of anilines is 1. The maximum Gasteiger partial charge on any atom is 0.253 e. The molecule has 0 radical (unpaired) electrons. The number of halogens is 1. The SMILES string of the molecule is CN(C)C(=O)c1ccccc1CC(=O)Nc1ccc(Oc2cccc(Cl)c2)c(S(N)(=O)=O)c1. The van der Waals surface area contributed by atoms with Crippen molar-refractivity contribution in [1.29, 1.82) is 0 Å². The molecule has 0 aromatic heterocycles. The van der Waals surface area contributed by atoms with Crippen molar-refractivity contribution in [2.75, 3.05) is 19.4 Å². The number of nitrogens with two attached hydrogens (primary N) is 1. The molecular weight excluding hydrogens is 466 g/mol. The van der Waals surface area contributed by atoms with Gasteiger partial charge in [0.2, 0.25) is 15.9 Å². The highest BCUT2D eigenvalue weighted by Gasteiger charge is 2.19. The van der Waals surface area contributed by atoms with Crippen LogP contribution in [-0.4, -0.2) is 39.2 Å². The van der Waals surface area contributed by atoms with Crippen LogP contribution in [-0.2, 0) is 21.2 Å². The van der Waals surface area contributed by atoms with Gasteiger partial charge in [0.05, 0.1) is 6.42 Å². The average molecular weight is 488 g/mol. The molecule has 2 amide bonds. The molecule has 172 valence electrons. The van der Waals surface area contributed by atoms with Crippen molar-refractivity contribution in [3.05, 3.63) is 82.9 Å². The van der Waals surface area contributed by atoms with Crippen LogP contribution >= 0.6 is 11.6 Å². The highest BCUT2D eigenvalue weighted by molar-refractivity contribution is 7.89. The van der Waals surface area contributed by atoms with Crippen LogP contribution in [0.3, 0.4) is 0 Å². The summed E-state index contributed by atoms with van der Waals surface area (Å²) in [5.74, 6) is -0.346. The fraction of sp³-hybridized carbons (Fsp3) is 0.130. The van der Waals surface area contributed by atoms with E-state index in [2.05, 4.69) is 5.32 Å². The minimum absolute atomic E-state index is 0.0142. The van der Waals surface area contributed by atoms with Crippen LogP contribution in [0.1, 0.15) is 15.9 Å². The Balaban J connectivity index is 1.83. The zero-order chi connectivity index (χ0) is 24.2. The lowest BCUT2D eigenvalue weighted by Gasteiger charge is -2.15. The number of nitrogens with one attached hydrogen (secondary N) is 1. The molecule has 0 heterocycles. The Hall–Kier alpha value is -3.40. The zero-order valence-corrected chi connectivity index (χ0v) is 19.5. The number of carbonyl (C=O) groups is 2. The third-order valence-corrected chi connectivity index (χ3v) is 5.73. The molecule has 0 aliphatic rings. The van der Waals surface area contributed by atoms with Crippen LogP contribution in [0.25, 0.3) is 0 Å². The first kappa shape index (κ1) is 24.2. The fourth-order valence-electron chi connectivity index (χ4n) is 3.05. The maximum absolute atomic E-state index is 12.6. The molecule has 0 unspecified atom stereocenters. The van der Waals surface area contributed by atoms with Crippen molar-refractivity contribution in [3.8, 4) is 11.5 Å². The highest BCUT2D eigenvalue weighted by atomic mass is 35.5. The van der Waals surface area contributed by atoms with Crippen LogP contribution in [0.15, 0.2) is 71.6 Å². The summed E-state index contributed by atoms with van der Waals surface area (Å²) in [7, 11) is -0.916. The van der Waals surface area contributed by atoms with E-state index < -0.39 is 15.9 Å². The molecule has 0 saturated carbocycles. The van der Waals surface area contributed by atoms with Gasteiger partial charge in [0.1, 0.15) is 16.4 Å². The largest absolute Gasteiger partial charge is 0.456 e. The van der Waals surface area contributed by atoms with Crippen LogP contribution in [0.2, 0.25) is 5.02 Å². The lowest BCUT2D eigenvalue weighted by molar-refractivity contribution is -0.115. The number of rotatable bonds is 7. The molecule has 0 saturated heterocycles. The molecule has 33 heavy (non-hydrogen) atoms. The number of hydrogen-bond acceptors (Lipinski definition) is 5. The van der Waals surface area contributed by atoms with Crippen molar-refractivity contribution < 1.29 is 22.7 Å². The third-order valence-electron chi connectivity index (χ3n) is 4.56. The van der Waals surface area contributed by atoms with E-state index in [0.717, 1.165) is 0 Å². The van der Waals surface area contributed by atoms with Crippen molar-refractivity contribution in [3.63, 3.8) is 0 Å². The second-order valence-corrected chi connectivity index (χ2v) is 9.31. The van der Waals surface area contributed by atoms with Gasteiger partial charge in [-0.2, -0.15) is 0 Å². The topological polar surface area (TPSA) is 119 Å². The average Bonchev–Trinajstić information content (AvgIpc) is 2.74. The summed E-state index contributed by atoms with van der Waals surface area (Å²) in [4.78, 5) is 26.1. The Morgan fingerprint density at radius 1 is 1.03 bits per heavy atom. The summed E-state index contributed by atoms with van der Waals surface area (Å²) >= 11 is 5.94. The summed E-state index contributed by atoms with van der Waals surface area (Å²) in [5, 5.41) is 8.41. The first-order valence-electron chi connectivity index (χ1n) is 9.74. The molecule has 10 heteroatoms. The Bertz CT molecular complexity index is 1310. The monoisotopic (exact) mass is 487 g/mol. The predicted octanol–water partition coefficient (Wildman–Crippen LogP) is 3.66. The minimum atomic E-state index is -4.17. The molecular formula is C23H22ClN3O5S. The lowest BCUT2D eigenvalue weighted by atomic mass is 10.0. The number of ether oxygens (including phenoxy) is 1. The van der Waals surface area contributed by atoms with E-state index in [1.807, 2.05) is 0 Å². The number of amides is 2. The summed E-state index contributed by atoms with van der Waals surface area (Å²) < 4.78 is 29.9. The number of carbonyl (C=O) groups excluding carboxylic acids is 2. The molecule has 0 spiro atoms. The molecule has 3 aromatic rings. The number of nitrogens with zero attached hydrogens (tertiary/aromatic N) is 1. The van der Waals surface area contributed by atoms with Gasteiger partial charge in [-0.25, -0.2) is 13.6 Å². The number of hydrogen-bond donors (Lipinski definition) is 2. The van der Waals surface area contributed by atoms with Gasteiger partial charge in [-0.1, -0.05) is 35.9 Å². The van der Waals surface area contributed by atoms with Crippen molar-refractivity contribution in [2.45, 2.75) is 11.3 Å². The number of sulfonamides is 1. The Labute approximate surface area is 197 Å². The Kier molecular flexibility index (Phi) is 7.37. The maximum atomic E-state index is 12.6. The first-order chi connectivity index (χ1) is 15.5. The van der Waals surface area contributed by atoms with Gasteiger partial charge in [-0.15, -0.1) is 0 Å². The van der Waals surface area contributed by atoms with Gasteiger partial charge in [0.25, 0.3) is 5.91 Å². The van der Waals surface area contributed by atoms with Gasteiger partial charge >= 0.3 is 0 Å². The molecule has 3 rings (SSSR count). The van der Waals surface area contributed by atoms with Crippen LogP contribution in [0.4, 0.5) is 5.69 Å². The smallest absolute Gasteiger partial charge is 0.253 e. The Morgan fingerprint density at radius 3 is 2.42 bits per heavy atom. The third kappa shape index (κ3) is 6.32. The standard InChI is InChI=1S/C23H22ClN3O5S/c1-27(2)23(29)19-9-4-3-6-15(19)12-22(28)26-17-10-11-20(21(14-17)33(25,30)31)32-18-8-5-7-16(24)13-18/h3-11,13-14H,12H2,1-2H3,(H,26,28)(H2,25,30,31). The highest BCUT2D eigenvalue weighted by Crippen LogP contribution is 2.31. The molecule has 0 aliphatic heterocycles. The Morgan fingerprint density at radius 2 is 1.76 bits per heavy atom. The zero-order valence-electron chi connectivity index (χ0n) is 17.9. The van der Waals surface area contributed by atoms with E-state index in [1.165, 1.54) is 29.2 Å². The van der Waals surface area contributed by atoms with Crippen molar-refractivity contribution in [1.82, 2.24) is 4.90 Å². The van der Waals surface area contributed by atoms with E-state index in [-0.39, 0.29) is 28.7 Å². The van der Waals surface area contributed by atoms with E-state index in [1.54, 1.807) is 56.6 Å². The quantitative estimate of drug-likeness (QED) is 0.527. The number of primary sulfonamides is 1. The molecule has 8 nitrogen and oxygen atoms in total. The molecule has 0 bridgehead atoms. The molecule has 3 aromatic carbocycles. The van der Waals surface area contributed by atoms with E-state index in [4.69, 9.17) is 21.5 Å². The fourth-order valence-corrected chi connectivity index (χ4v) is 3.91. The van der Waals surface area contributed by atoms with E-state index >= 15 is 0 Å². The summed E-state index contributed by atoms with van der Waals surface area (Å²) in [6.07, 6.45) is -0.0821. The van der Waals surface area contributed by atoms with Crippen molar-refractivity contribution >= 4 is 39.1 Å². The van der Waals surface area contributed by atoms with Crippen LogP contribution in [0, 0.1) is 0 Å². The van der Waals surface area contributed by atoms with Gasteiger partial charge in [0, 0.05) is 30.4 Å². The molecule has 3 N–H and O–H groups in total. The van der Waals surface area contributed by atoms with E-state index in [9.17, 15) is 18.0 Å². The van der Waals surface area contributed by atoms with Gasteiger partial charge in [0.15, 0.2) is 0 Å².